The standard InChI is InChI=1S/C18H13ClN2O4/c1-20-13-5-3-12(14(19)8-13)9-21-15-7-11(18(23)24-2)4-6-16(15)25-10-17(21)22/h3-8H,9-10H2,2H3. The first-order valence-corrected chi connectivity index (χ1v) is 7.72. The number of rotatable bonds is 3. The molecule has 7 heteroatoms. The minimum absolute atomic E-state index is 0.0949. The van der Waals surface area contributed by atoms with Crippen molar-refractivity contribution in [2.75, 3.05) is 18.6 Å². The van der Waals surface area contributed by atoms with Gasteiger partial charge < -0.3 is 14.4 Å². The molecule has 0 saturated heterocycles. The highest BCUT2D eigenvalue weighted by Gasteiger charge is 2.27. The van der Waals surface area contributed by atoms with E-state index in [-0.39, 0.29) is 19.1 Å². The number of carbonyl (C=O) groups is 2. The van der Waals surface area contributed by atoms with Crippen LogP contribution in [-0.2, 0) is 16.1 Å². The Bertz CT molecular complexity index is 904. The van der Waals surface area contributed by atoms with Gasteiger partial charge in [-0.2, -0.15) is 0 Å². The maximum absolute atomic E-state index is 12.3. The van der Waals surface area contributed by atoms with E-state index in [1.165, 1.54) is 12.0 Å². The molecule has 0 unspecified atom stereocenters. The lowest BCUT2D eigenvalue weighted by atomic mass is 10.1. The fourth-order valence-corrected chi connectivity index (χ4v) is 2.76. The van der Waals surface area contributed by atoms with E-state index in [2.05, 4.69) is 4.85 Å². The van der Waals surface area contributed by atoms with Gasteiger partial charge in [-0.15, -0.1) is 0 Å². The first-order chi connectivity index (χ1) is 12.0. The summed E-state index contributed by atoms with van der Waals surface area (Å²) in [6, 6.07) is 9.67. The molecule has 1 amide bonds. The van der Waals surface area contributed by atoms with Crippen molar-refractivity contribution in [2.24, 2.45) is 0 Å². The number of halogens is 1. The molecule has 0 fully saturated rings. The van der Waals surface area contributed by atoms with Crippen LogP contribution in [0, 0.1) is 6.57 Å². The van der Waals surface area contributed by atoms with Crippen molar-refractivity contribution >= 4 is 34.9 Å². The third-order valence-corrected chi connectivity index (χ3v) is 4.17. The van der Waals surface area contributed by atoms with Gasteiger partial charge in [0.2, 0.25) is 0 Å². The minimum atomic E-state index is -0.500. The highest BCUT2D eigenvalue weighted by molar-refractivity contribution is 6.31. The van der Waals surface area contributed by atoms with Gasteiger partial charge in [-0.05, 0) is 29.8 Å². The second-order valence-electron chi connectivity index (χ2n) is 5.33. The molecule has 0 spiro atoms. The number of hydrogen-bond acceptors (Lipinski definition) is 4. The Kier molecular flexibility index (Phi) is 4.59. The van der Waals surface area contributed by atoms with Gasteiger partial charge in [0.25, 0.3) is 5.91 Å². The van der Waals surface area contributed by atoms with Gasteiger partial charge >= 0.3 is 5.97 Å². The molecule has 126 valence electrons. The predicted molar refractivity (Wildman–Crippen MR) is 92.2 cm³/mol. The Morgan fingerprint density at radius 2 is 2.16 bits per heavy atom. The number of methoxy groups -OCH3 is 1. The zero-order valence-corrected chi connectivity index (χ0v) is 14.0. The summed E-state index contributed by atoms with van der Waals surface area (Å²) in [5, 5.41) is 0.401. The summed E-state index contributed by atoms with van der Waals surface area (Å²) >= 11 is 6.22. The Morgan fingerprint density at radius 1 is 1.36 bits per heavy atom. The molecule has 0 aliphatic carbocycles. The number of anilines is 1. The van der Waals surface area contributed by atoms with Crippen molar-refractivity contribution in [3.8, 4) is 5.75 Å². The molecule has 0 radical (unpaired) electrons. The van der Waals surface area contributed by atoms with Crippen LogP contribution in [0.2, 0.25) is 5.02 Å². The summed E-state index contributed by atoms with van der Waals surface area (Å²) in [6.45, 7) is 7.13. The van der Waals surface area contributed by atoms with Crippen LogP contribution in [-0.4, -0.2) is 25.6 Å². The number of carbonyl (C=O) groups excluding carboxylic acids is 2. The first-order valence-electron chi connectivity index (χ1n) is 7.35. The zero-order chi connectivity index (χ0) is 18.0. The number of esters is 1. The van der Waals surface area contributed by atoms with Crippen LogP contribution in [0.5, 0.6) is 5.75 Å². The molecule has 2 aromatic carbocycles. The Balaban J connectivity index is 1.98. The maximum Gasteiger partial charge on any atom is 0.337 e. The normalized spacial score (nSPS) is 12.8. The van der Waals surface area contributed by atoms with Gasteiger partial charge in [-0.3, -0.25) is 4.79 Å². The molecule has 1 aliphatic rings. The molecule has 0 aromatic heterocycles. The lowest BCUT2D eigenvalue weighted by Gasteiger charge is -2.30. The number of hydrogen-bond donors (Lipinski definition) is 0. The van der Waals surface area contributed by atoms with Crippen molar-refractivity contribution in [3.63, 3.8) is 0 Å². The van der Waals surface area contributed by atoms with Crippen molar-refractivity contribution in [1.29, 1.82) is 0 Å². The lowest BCUT2D eigenvalue weighted by Crippen LogP contribution is -2.38. The number of fused-ring (bicyclic) bond motifs is 1. The molecule has 2 aromatic rings. The van der Waals surface area contributed by atoms with Crippen LogP contribution in [0.4, 0.5) is 11.4 Å². The summed E-state index contributed by atoms with van der Waals surface area (Å²) in [5.74, 6) is -0.249. The molecular formula is C18H13ClN2O4. The minimum Gasteiger partial charge on any atom is -0.482 e. The van der Waals surface area contributed by atoms with Gasteiger partial charge in [0.05, 0.1) is 31.5 Å². The smallest absolute Gasteiger partial charge is 0.337 e. The molecule has 0 atom stereocenters. The van der Waals surface area contributed by atoms with Crippen LogP contribution in [0.15, 0.2) is 36.4 Å². The van der Waals surface area contributed by atoms with Gasteiger partial charge in [-0.25, -0.2) is 9.64 Å². The molecule has 1 aliphatic heterocycles. The summed E-state index contributed by atoms with van der Waals surface area (Å²) in [7, 11) is 1.29. The number of amides is 1. The molecule has 0 N–H and O–H groups in total. The Morgan fingerprint density at radius 3 is 2.84 bits per heavy atom. The van der Waals surface area contributed by atoms with E-state index in [4.69, 9.17) is 27.6 Å². The monoisotopic (exact) mass is 356 g/mol. The molecule has 25 heavy (non-hydrogen) atoms. The second-order valence-corrected chi connectivity index (χ2v) is 5.74. The maximum atomic E-state index is 12.3. The van der Waals surface area contributed by atoms with Crippen molar-refractivity contribution in [3.05, 3.63) is 64.0 Å². The summed E-state index contributed by atoms with van der Waals surface area (Å²) in [6.07, 6.45) is 0. The van der Waals surface area contributed by atoms with Crippen molar-refractivity contribution in [1.82, 2.24) is 0 Å². The predicted octanol–water partition coefficient (Wildman–Crippen LogP) is 3.60. The van der Waals surface area contributed by atoms with Crippen LogP contribution < -0.4 is 9.64 Å². The molecule has 3 rings (SSSR count). The fourth-order valence-electron chi connectivity index (χ4n) is 2.52. The van der Waals surface area contributed by atoms with Crippen LogP contribution in [0.1, 0.15) is 15.9 Å². The summed E-state index contributed by atoms with van der Waals surface area (Å²) < 4.78 is 10.1. The molecule has 6 nitrogen and oxygen atoms in total. The SMILES string of the molecule is [C-]#[N+]c1ccc(CN2C(=O)COc3ccc(C(=O)OC)cc32)c(Cl)c1. The van der Waals surface area contributed by atoms with E-state index < -0.39 is 5.97 Å². The van der Waals surface area contributed by atoms with Gasteiger partial charge in [-0.1, -0.05) is 23.7 Å². The third-order valence-electron chi connectivity index (χ3n) is 3.82. The highest BCUT2D eigenvalue weighted by Crippen LogP contribution is 2.35. The third kappa shape index (κ3) is 3.28. The van der Waals surface area contributed by atoms with Gasteiger partial charge in [0.1, 0.15) is 5.75 Å². The van der Waals surface area contributed by atoms with E-state index in [1.54, 1.807) is 36.4 Å². The topological polar surface area (TPSA) is 60.2 Å². The average molecular weight is 357 g/mol. The van der Waals surface area contributed by atoms with E-state index in [1.807, 2.05) is 0 Å². The van der Waals surface area contributed by atoms with Crippen LogP contribution in [0.3, 0.4) is 0 Å². The number of benzene rings is 2. The van der Waals surface area contributed by atoms with Crippen molar-refractivity contribution < 1.29 is 19.1 Å². The molecule has 0 saturated carbocycles. The van der Waals surface area contributed by atoms with E-state index in [0.29, 0.717) is 33.3 Å². The largest absolute Gasteiger partial charge is 0.482 e. The lowest BCUT2D eigenvalue weighted by molar-refractivity contribution is -0.121. The average Bonchev–Trinajstić information content (AvgIpc) is 2.64. The van der Waals surface area contributed by atoms with E-state index in [0.717, 1.165) is 0 Å². The van der Waals surface area contributed by atoms with Crippen LogP contribution >= 0.6 is 11.6 Å². The first kappa shape index (κ1) is 16.8. The molecule has 1 heterocycles. The summed E-state index contributed by atoms with van der Waals surface area (Å²) in [5.41, 5.74) is 1.91. The quantitative estimate of drug-likeness (QED) is 0.622. The second kappa shape index (κ2) is 6.83. The fraction of sp³-hybridized carbons (Fsp3) is 0.167. The molecule has 0 bridgehead atoms. The number of ether oxygens (including phenoxy) is 2. The van der Waals surface area contributed by atoms with Gasteiger partial charge in [0, 0.05) is 5.02 Å². The summed E-state index contributed by atoms with van der Waals surface area (Å²) in [4.78, 5) is 28.9. The molecular weight excluding hydrogens is 344 g/mol. The zero-order valence-electron chi connectivity index (χ0n) is 13.3. The number of nitrogens with zero attached hydrogens (tertiary/aromatic N) is 2. The Hall–Kier alpha value is -3.04. The Labute approximate surface area is 149 Å². The van der Waals surface area contributed by atoms with E-state index in [9.17, 15) is 9.59 Å². The highest BCUT2D eigenvalue weighted by atomic mass is 35.5. The van der Waals surface area contributed by atoms with Gasteiger partial charge in [0.15, 0.2) is 12.3 Å². The van der Waals surface area contributed by atoms with Crippen LogP contribution in [0.25, 0.3) is 4.85 Å². The van der Waals surface area contributed by atoms with Crippen molar-refractivity contribution in [2.45, 2.75) is 6.54 Å². The van der Waals surface area contributed by atoms with E-state index >= 15 is 0 Å².